The number of carbonyl (C=O) groups is 1. The topological polar surface area (TPSA) is 89.3 Å². The van der Waals surface area contributed by atoms with E-state index in [9.17, 15) is 4.79 Å². The maximum absolute atomic E-state index is 10.6. The number of hydrogen-bond donors (Lipinski definition) is 2. The number of aryl methyl sites for hydroxylation is 1. The van der Waals surface area contributed by atoms with Gasteiger partial charge >= 0.3 is 5.97 Å². The van der Waals surface area contributed by atoms with Gasteiger partial charge in [0, 0.05) is 13.0 Å². The van der Waals surface area contributed by atoms with Crippen molar-refractivity contribution in [2.24, 2.45) is 11.7 Å². The molecule has 5 heteroatoms. The number of oxazole rings is 1. The van der Waals surface area contributed by atoms with Crippen LogP contribution in [-0.4, -0.2) is 22.6 Å². The number of nitrogens with two attached hydrogens (primary N) is 1. The lowest BCUT2D eigenvalue weighted by molar-refractivity contribution is -0.141. The molecule has 0 aliphatic carbocycles. The van der Waals surface area contributed by atoms with Gasteiger partial charge in [-0.15, -0.1) is 0 Å². The molecule has 1 aromatic rings. The molecule has 0 saturated heterocycles. The van der Waals surface area contributed by atoms with E-state index < -0.39 is 11.9 Å². The molecule has 1 aromatic heterocycles. The number of carboxylic acids is 1. The summed E-state index contributed by atoms with van der Waals surface area (Å²) in [4.78, 5) is 14.5. The second-order valence-corrected chi connectivity index (χ2v) is 2.84. The molecule has 0 aliphatic rings. The first-order chi connectivity index (χ1) is 6.13. The summed E-state index contributed by atoms with van der Waals surface area (Å²) in [6.45, 7) is 1.85. The Bertz CT molecular complexity index is 295. The minimum Gasteiger partial charge on any atom is -0.481 e. The summed E-state index contributed by atoms with van der Waals surface area (Å²) >= 11 is 0. The first-order valence-corrected chi connectivity index (χ1v) is 3.97. The van der Waals surface area contributed by atoms with Gasteiger partial charge in [0.1, 0.15) is 5.76 Å². The van der Waals surface area contributed by atoms with Crippen molar-refractivity contribution in [1.29, 1.82) is 0 Å². The standard InChI is InChI=1S/C8H12N2O3/c1-5-4-10-7(13-5)2-6(3-9)8(11)12/h4,6H,2-3,9H2,1H3,(H,11,12). The van der Waals surface area contributed by atoms with E-state index in [1.165, 1.54) is 0 Å². The van der Waals surface area contributed by atoms with Crippen LogP contribution in [0, 0.1) is 12.8 Å². The van der Waals surface area contributed by atoms with Gasteiger partial charge in [0.15, 0.2) is 5.89 Å². The molecule has 0 amide bonds. The van der Waals surface area contributed by atoms with Crippen molar-refractivity contribution in [3.05, 3.63) is 17.8 Å². The normalized spacial score (nSPS) is 12.8. The van der Waals surface area contributed by atoms with Crippen LogP contribution in [0.4, 0.5) is 0 Å². The fourth-order valence-electron chi connectivity index (χ4n) is 0.978. The highest BCUT2D eigenvalue weighted by molar-refractivity contribution is 5.70. The van der Waals surface area contributed by atoms with Crippen molar-refractivity contribution in [2.75, 3.05) is 6.54 Å². The molecule has 72 valence electrons. The highest BCUT2D eigenvalue weighted by Crippen LogP contribution is 2.08. The molecule has 5 nitrogen and oxygen atoms in total. The molecule has 1 heterocycles. The Morgan fingerprint density at radius 2 is 2.54 bits per heavy atom. The first kappa shape index (κ1) is 9.73. The highest BCUT2D eigenvalue weighted by Gasteiger charge is 2.18. The molecular weight excluding hydrogens is 172 g/mol. The fraction of sp³-hybridized carbons (Fsp3) is 0.500. The SMILES string of the molecule is Cc1cnc(CC(CN)C(=O)O)o1. The molecule has 0 aromatic carbocycles. The summed E-state index contributed by atoms with van der Waals surface area (Å²) in [5.74, 6) is -0.428. The van der Waals surface area contributed by atoms with E-state index in [1.54, 1.807) is 13.1 Å². The fourth-order valence-corrected chi connectivity index (χ4v) is 0.978. The van der Waals surface area contributed by atoms with Gasteiger partial charge in [-0.3, -0.25) is 4.79 Å². The van der Waals surface area contributed by atoms with Gasteiger partial charge in [-0.1, -0.05) is 0 Å². The third kappa shape index (κ3) is 2.55. The van der Waals surface area contributed by atoms with E-state index in [0.29, 0.717) is 11.7 Å². The van der Waals surface area contributed by atoms with Crippen LogP contribution in [0.1, 0.15) is 11.7 Å². The Morgan fingerprint density at radius 3 is 2.92 bits per heavy atom. The number of rotatable bonds is 4. The summed E-state index contributed by atoms with van der Waals surface area (Å²) in [6, 6.07) is 0. The van der Waals surface area contributed by atoms with Gasteiger partial charge in [-0.25, -0.2) is 4.98 Å². The average molecular weight is 184 g/mol. The van der Waals surface area contributed by atoms with E-state index in [-0.39, 0.29) is 13.0 Å². The van der Waals surface area contributed by atoms with Crippen LogP contribution < -0.4 is 5.73 Å². The summed E-state index contributed by atoms with van der Waals surface area (Å²) in [5, 5.41) is 8.69. The van der Waals surface area contributed by atoms with E-state index in [0.717, 1.165) is 0 Å². The molecule has 3 N–H and O–H groups in total. The lowest BCUT2D eigenvalue weighted by Crippen LogP contribution is -2.25. The Labute approximate surface area is 75.6 Å². The predicted octanol–water partition coefficient (Wildman–Crippen LogP) is 0.185. The third-order valence-electron chi connectivity index (χ3n) is 1.72. The predicted molar refractivity (Wildman–Crippen MR) is 45.1 cm³/mol. The average Bonchev–Trinajstić information content (AvgIpc) is 2.46. The van der Waals surface area contributed by atoms with Crippen molar-refractivity contribution in [3.63, 3.8) is 0 Å². The van der Waals surface area contributed by atoms with E-state index >= 15 is 0 Å². The van der Waals surface area contributed by atoms with Crippen LogP contribution in [0.25, 0.3) is 0 Å². The van der Waals surface area contributed by atoms with Gasteiger partial charge in [0.05, 0.1) is 12.1 Å². The lowest BCUT2D eigenvalue weighted by atomic mass is 10.1. The third-order valence-corrected chi connectivity index (χ3v) is 1.72. The van der Waals surface area contributed by atoms with Crippen LogP contribution in [0.15, 0.2) is 10.6 Å². The van der Waals surface area contributed by atoms with Crippen LogP contribution in [0.3, 0.4) is 0 Å². The number of aliphatic carboxylic acids is 1. The first-order valence-electron chi connectivity index (χ1n) is 3.97. The number of carboxylic acid groups (broad SMARTS) is 1. The quantitative estimate of drug-likeness (QED) is 0.697. The Kier molecular flexibility index (Phi) is 3.02. The maximum Gasteiger partial charge on any atom is 0.308 e. The van der Waals surface area contributed by atoms with Gasteiger partial charge in [0.2, 0.25) is 0 Å². The van der Waals surface area contributed by atoms with Crippen LogP contribution in [-0.2, 0) is 11.2 Å². The van der Waals surface area contributed by atoms with Gasteiger partial charge in [0.25, 0.3) is 0 Å². The van der Waals surface area contributed by atoms with Crippen LogP contribution in [0.5, 0.6) is 0 Å². The number of aromatic nitrogens is 1. The molecule has 1 atom stereocenters. The summed E-state index contributed by atoms with van der Waals surface area (Å²) in [7, 11) is 0. The van der Waals surface area contributed by atoms with E-state index in [1.807, 2.05) is 0 Å². The highest BCUT2D eigenvalue weighted by atomic mass is 16.4. The van der Waals surface area contributed by atoms with Gasteiger partial charge < -0.3 is 15.3 Å². The second kappa shape index (κ2) is 4.04. The van der Waals surface area contributed by atoms with Crippen LogP contribution in [0.2, 0.25) is 0 Å². The molecule has 0 spiro atoms. The zero-order valence-electron chi connectivity index (χ0n) is 7.36. The van der Waals surface area contributed by atoms with E-state index in [4.69, 9.17) is 15.3 Å². The zero-order valence-corrected chi connectivity index (χ0v) is 7.36. The van der Waals surface area contributed by atoms with Crippen LogP contribution >= 0.6 is 0 Å². The molecule has 0 radical (unpaired) electrons. The molecule has 0 aliphatic heterocycles. The molecule has 13 heavy (non-hydrogen) atoms. The molecule has 0 saturated carbocycles. The van der Waals surface area contributed by atoms with Gasteiger partial charge in [-0.05, 0) is 6.92 Å². The molecular formula is C8H12N2O3. The van der Waals surface area contributed by atoms with Crippen molar-refractivity contribution < 1.29 is 14.3 Å². The number of nitrogens with zero attached hydrogens (tertiary/aromatic N) is 1. The lowest BCUT2D eigenvalue weighted by Gasteiger charge is -2.05. The minimum absolute atomic E-state index is 0.0940. The van der Waals surface area contributed by atoms with Crippen molar-refractivity contribution >= 4 is 5.97 Å². The summed E-state index contributed by atoms with van der Waals surface area (Å²) < 4.78 is 5.14. The second-order valence-electron chi connectivity index (χ2n) is 2.84. The molecule has 1 rings (SSSR count). The zero-order chi connectivity index (χ0) is 9.84. The molecule has 1 unspecified atom stereocenters. The number of hydrogen-bond acceptors (Lipinski definition) is 4. The van der Waals surface area contributed by atoms with Crippen molar-refractivity contribution in [2.45, 2.75) is 13.3 Å². The monoisotopic (exact) mass is 184 g/mol. The maximum atomic E-state index is 10.6. The van der Waals surface area contributed by atoms with E-state index in [2.05, 4.69) is 4.98 Å². The summed E-state index contributed by atoms with van der Waals surface area (Å²) in [5.41, 5.74) is 5.28. The Hall–Kier alpha value is -1.36. The van der Waals surface area contributed by atoms with Crippen molar-refractivity contribution in [3.8, 4) is 0 Å². The van der Waals surface area contributed by atoms with Gasteiger partial charge in [-0.2, -0.15) is 0 Å². The summed E-state index contributed by atoms with van der Waals surface area (Å²) in [6.07, 6.45) is 1.81. The largest absolute Gasteiger partial charge is 0.481 e. The Morgan fingerprint density at radius 1 is 1.85 bits per heavy atom. The smallest absolute Gasteiger partial charge is 0.308 e. The van der Waals surface area contributed by atoms with Crippen molar-refractivity contribution in [1.82, 2.24) is 4.98 Å². The minimum atomic E-state index is -0.918. The Balaban J connectivity index is 2.61. The molecule has 0 bridgehead atoms. The molecule has 0 fully saturated rings.